The predicted octanol–water partition coefficient (Wildman–Crippen LogP) is 1.70. The second-order valence-corrected chi connectivity index (χ2v) is 6.32. The van der Waals surface area contributed by atoms with Crippen LogP contribution in [-0.4, -0.2) is 55.0 Å². The zero-order valence-electron chi connectivity index (χ0n) is 14.4. The molecule has 5 heteroatoms. The van der Waals surface area contributed by atoms with Crippen molar-refractivity contribution in [1.29, 1.82) is 0 Å². The van der Waals surface area contributed by atoms with Gasteiger partial charge in [-0.25, -0.2) is 0 Å². The van der Waals surface area contributed by atoms with Gasteiger partial charge in [0.25, 0.3) is 0 Å². The van der Waals surface area contributed by atoms with Gasteiger partial charge in [0.15, 0.2) is 0 Å². The Morgan fingerprint density at radius 1 is 1.26 bits per heavy atom. The van der Waals surface area contributed by atoms with E-state index in [0.29, 0.717) is 13.1 Å². The molecule has 1 aliphatic heterocycles. The van der Waals surface area contributed by atoms with Gasteiger partial charge in [0.1, 0.15) is 0 Å². The van der Waals surface area contributed by atoms with Crippen LogP contribution in [0.3, 0.4) is 0 Å². The number of rotatable bonds is 5. The summed E-state index contributed by atoms with van der Waals surface area (Å²) in [6.07, 6.45) is 0.900. The average molecular weight is 318 g/mol. The standard InChI is InChI=1S/C18H26N2O3/c1-13(18(22)23-4)11-19(3)14(2)17(21)20-10-9-15-7-5-6-8-16(15)12-20/h5-8,13-14H,9-12H2,1-4H3/t13-,14+/m0/s1. The van der Waals surface area contributed by atoms with E-state index in [4.69, 9.17) is 4.74 Å². The van der Waals surface area contributed by atoms with Crippen molar-refractivity contribution in [2.45, 2.75) is 32.9 Å². The Morgan fingerprint density at radius 3 is 2.57 bits per heavy atom. The molecule has 0 N–H and O–H groups in total. The number of amides is 1. The van der Waals surface area contributed by atoms with Crippen molar-refractivity contribution in [3.8, 4) is 0 Å². The maximum atomic E-state index is 12.7. The molecule has 1 aromatic rings. The van der Waals surface area contributed by atoms with Crippen molar-refractivity contribution < 1.29 is 14.3 Å². The van der Waals surface area contributed by atoms with Gasteiger partial charge in [0.05, 0.1) is 19.1 Å². The van der Waals surface area contributed by atoms with Crippen molar-refractivity contribution in [3.63, 3.8) is 0 Å². The highest BCUT2D eigenvalue weighted by molar-refractivity contribution is 5.82. The second kappa shape index (κ2) is 7.59. The number of carbonyl (C=O) groups is 2. The van der Waals surface area contributed by atoms with Crippen LogP contribution in [0.15, 0.2) is 24.3 Å². The van der Waals surface area contributed by atoms with Crippen LogP contribution in [0.4, 0.5) is 0 Å². The molecule has 0 unspecified atom stereocenters. The lowest BCUT2D eigenvalue weighted by Crippen LogP contribution is -2.48. The molecule has 0 aromatic heterocycles. The molecule has 0 spiro atoms. The van der Waals surface area contributed by atoms with E-state index in [2.05, 4.69) is 12.1 Å². The van der Waals surface area contributed by atoms with E-state index in [0.717, 1.165) is 13.0 Å². The number of hydrogen-bond donors (Lipinski definition) is 0. The molecule has 5 nitrogen and oxygen atoms in total. The molecule has 0 aliphatic carbocycles. The van der Waals surface area contributed by atoms with Gasteiger partial charge in [-0.1, -0.05) is 31.2 Å². The van der Waals surface area contributed by atoms with Crippen molar-refractivity contribution in [3.05, 3.63) is 35.4 Å². The minimum Gasteiger partial charge on any atom is -0.469 e. The molecule has 0 bridgehead atoms. The molecule has 1 aliphatic rings. The van der Waals surface area contributed by atoms with E-state index >= 15 is 0 Å². The zero-order valence-corrected chi connectivity index (χ0v) is 14.4. The van der Waals surface area contributed by atoms with Crippen LogP contribution in [0.2, 0.25) is 0 Å². The third-order valence-corrected chi connectivity index (χ3v) is 4.63. The summed E-state index contributed by atoms with van der Waals surface area (Å²) < 4.78 is 4.75. The summed E-state index contributed by atoms with van der Waals surface area (Å²) in [5, 5.41) is 0. The number of hydrogen-bond acceptors (Lipinski definition) is 4. The fourth-order valence-electron chi connectivity index (χ4n) is 3.00. The molecule has 1 aromatic carbocycles. The lowest BCUT2D eigenvalue weighted by molar-refractivity contribution is -0.146. The first-order valence-electron chi connectivity index (χ1n) is 8.07. The summed E-state index contributed by atoms with van der Waals surface area (Å²) in [7, 11) is 3.26. The first-order valence-corrected chi connectivity index (χ1v) is 8.07. The summed E-state index contributed by atoms with van der Waals surface area (Å²) >= 11 is 0. The lowest BCUT2D eigenvalue weighted by Gasteiger charge is -2.34. The number of esters is 1. The third kappa shape index (κ3) is 4.10. The van der Waals surface area contributed by atoms with Gasteiger partial charge in [-0.2, -0.15) is 0 Å². The summed E-state index contributed by atoms with van der Waals surface area (Å²) in [4.78, 5) is 28.1. The molecule has 0 saturated heterocycles. The molecule has 0 fully saturated rings. The fourth-order valence-corrected chi connectivity index (χ4v) is 3.00. The number of fused-ring (bicyclic) bond motifs is 1. The van der Waals surface area contributed by atoms with E-state index in [1.807, 2.05) is 42.8 Å². The van der Waals surface area contributed by atoms with Crippen LogP contribution in [0.5, 0.6) is 0 Å². The highest BCUT2D eigenvalue weighted by atomic mass is 16.5. The summed E-state index contributed by atoms with van der Waals surface area (Å²) in [6, 6.07) is 8.02. The molecular formula is C18H26N2O3. The zero-order chi connectivity index (χ0) is 17.0. The molecule has 0 radical (unpaired) electrons. The van der Waals surface area contributed by atoms with Crippen molar-refractivity contribution >= 4 is 11.9 Å². The maximum absolute atomic E-state index is 12.7. The Kier molecular flexibility index (Phi) is 5.77. The highest BCUT2D eigenvalue weighted by Gasteiger charge is 2.28. The number of ether oxygens (including phenoxy) is 1. The Morgan fingerprint density at radius 2 is 1.91 bits per heavy atom. The molecule has 1 amide bonds. The van der Waals surface area contributed by atoms with Gasteiger partial charge in [-0.3, -0.25) is 14.5 Å². The molecule has 1 heterocycles. The van der Waals surface area contributed by atoms with Crippen LogP contribution in [-0.2, 0) is 27.3 Å². The van der Waals surface area contributed by atoms with Gasteiger partial charge in [-0.15, -0.1) is 0 Å². The van der Waals surface area contributed by atoms with E-state index in [1.54, 1.807) is 0 Å². The third-order valence-electron chi connectivity index (χ3n) is 4.63. The monoisotopic (exact) mass is 318 g/mol. The first-order chi connectivity index (χ1) is 10.9. The predicted molar refractivity (Wildman–Crippen MR) is 88.8 cm³/mol. The van der Waals surface area contributed by atoms with Crippen molar-refractivity contribution in [2.75, 3.05) is 27.2 Å². The normalized spacial score (nSPS) is 16.7. The van der Waals surface area contributed by atoms with Gasteiger partial charge in [0, 0.05) is 19.6 Å². The van der Waals surface area contributed by atoms with E-state index in [9.17, 15) is 9.59 Å². The minimum atomic E-state index is -0.257. The Balaban J connectivity index is 1.96. The first kappa shape index (κ1) is 17.5. The van der Waals surface area contributed by atoms with Crippen molar-refractivity contribution in [1.82, 2.24) is 9.80 Å². The SMILES string of the molecule is COC(=O)[C@@H](C)CN(C)[C@H](C)C(=O)N1CCc2ccccc2C1. The summed E-state index contributed by atoms with van der Waals surface area (Å²) in [5.74, 6) is -0.384. The van der Waals surface area contributed by atoms with Gasteiger partial charge in [-0.05, 0) is 31.5 Å². The topological polar surface area (TPSA) is 49.9 Å². The van der Waals surface area contributed by atoms with E-state index < -0.39 is 0 Å². The number of benzene rings is 1. The Labute approximate surface area is 138 Å². The second-order valence-electron chi connectivity index (χ2n) is 6.32. The van der Waals surface area contributed by atoms with Gasteiger partial charge < -0.3 is 9.64 Å². The smallest absolute Gasteiger partial charge is 0.309 e. The van der Waals surface area contributed by atoms with E-state index in [-0.39, 0.29) is 23.8 Å². The average Bonchev–Trinajstić information content (AvgIpc) is 2.58. The number of carbonyl (C=O) groups excluding carboxylic acids is 2. The molecule has 23 heavy (non-hydrogen) atoms. The molecule has 126 valence electrons. The molecule has 0 saturated carbocycles. The number of nitrogens with zero attached hydrogens (tertiary/aromatic N) is 2. The lowest BCUT2D eigenvalue weighted by atomic mass is 9.99. The number of methoxy groups -OCH3 is 1. The van der Waals surface area contributed by atoms with Crippen LogP contribution < -0.4 is 0 Å². The highest BCUT2D eigenvalue weighted by Crippen LogP contribution is 2.20. The van der Waals surface area contributed by atoms with Gasteiger partial charge >= 0.3 is 5.97 Å². The van der Waals surface area contributed by atoms with Crippen molar-refractivity contribution in [2.24, 2.45) is 5.92 Å². The Hall–Kier alpha value is -1.88. The summed E-state index contributed by atoms with van der Waals surface area (Å²) in [5.41, 5.74) is 2.56. The molecule has 2 rings (SSSR count). The summed E-state index contributed by atoms with van der Waals surface area (Å²) in [6.45, 7) is 5.63. The molecular weight excluding hydrogens is 292 g/mol. The van der Waals surface area contributed by atoms with E-state index in [1.165, 1.54) is 18.2 Å². The molecule has 2 atom stereocenters. The quantitative estimate of drug-likeness (QED) is 0.776. The Bertz CT molecular complexity index is 573. The maximum Gasteiger partial charge on any atom is 0.309 e. The van der Waals surface area contributed by atoms with Crippen LogP contribution in [0.25, 0.3) is 0 Å². The minimum absolute atomic E-state index is 0.110. The number of likely N-dealkylation sites (N-methyl/N-ethyl adjacent to an activating group) is 1. The largest absolute Gasteiger partial charge is 0.469 e. The van der Waals surface area contributed by atoms with Crippen LogP contribution in [0, 0.1) is 5.92 Å². The fraction of sp³-hybridized carbons (Fsp3) is 0.556. The van der Waals surface area contributed by atoms with Crippen LogP contribution >= 0.6 is 0 Å². The van der Waals surface area contributed by atoms with Crippen LogP contribution in [0.1, 0.15) is 25.0 Å². The van der Waals surface area contributed by atoms with Gasteiger partial charge in [0.2, 0.25) is 5.91 Å².